The number of amides is 2. The first-order valence-corrected chi connectivity index (χ1v) is 11.0. The number of hydrogen-bond acceptors (Lipinski definition) is 5. The second kappa shape index (κ2) is 7.63. The summed E-state index contributed by atoms with van der Waals surface area (Å²) in [6.07, 6.45) is 6.41. The molecule has 0 aliphatic carbocycles. The summed E-state index contributed by atoms with van der Waals surface area (Å²) in [4.78, 5) is 34.4. The van der Waals surface area contributed by atoms with E-state index in [2.05, 4.69) is 6.07 Å². The summed E-state index contributed by atoms with van der Waals surface area (Å²) in [6, 6.07) is 9.92. The maximum atomic E-state index is 13.3. The van der Waals surface area contributed by atoms with Crippen LogP contribution >= 0.6 is 11.3 Å². The molecule has 0 spiro atoms. The Morgan fingerprint density at radius 2 is 1.90 bits per heavy atom. The van der Waals surface area contributed by atoms with Gasteiger partial charge in [-0.1, -0.05) is 12.1 Å². The summed E-state index contributed by atoms with van der Waals surface area (Å²) < 4.78 is 6.19. The number of thiazole rings is 1. The fourth-order valence-electron chi connectivity index (χ4n) is 4.45. The van der Waals surface area contributed by atoms with Crippen LogP contribution in [0.4, 0.5) is 0 Å². The van der Waals surface area contributed by atoms with Crippen LogP contribution in [-0.4, -0.2) is 46.2 Å². The van der Waals surface area contributed by atoms with Crippen molar-refractivity contribution in [1.29, 1.82) is 0 Å². The van der Waals surface area contributed by atoms with E-state index in [-0.39, 0.29) is 23.8 Å². The number of benzene rings is 1. The summed E-state index contributed by atoms with van der Waals surface area (Å²) in [5.41, 5.74) is 1.59. The van der Waals surface area contributed by atoms with Gasteiger partial charge in [-0.15, -0.1) is 11.3 Å². The fraction of sp³-hybridized carbons (Fsp3) is 0.409. The van der Waals surface area contributed by atoms with E-state index in [9.17, 15) is 9.59 Å². The van der Waals surface area contributed by atoms with E-state index < -0.39 is 0 Å². The van der Waals surface area contributed by atoms with E-state index in [1.54, 1.807) is 17.4 Å². The third-order valence-electron chi connectivity index (χ3n) is 6.03. The first-order chi connectivity index (χ1) is 14.2. The molecule has 150 valence electrons. The van der Waals surface area contributed by atoms with E-state index in [0.717, 1.165) is 29.9 Å². The zero-order valence-corrected chi connectivity index (χ0v) is 16.9. The standard InChI is InChI=1S/C22H23N3O3S/c26-21(16-9-13-28-14-16)24-11-7-15(8-12-24)22(27)25-10-3-5-18(25)20-23-17-4-1-2-6-19(17)29-20/h1-2,4,6,9,13-15,18H,3,5,7-8,10-12H2. The van der Waals surface area contributed by atoms with E-state index >= 15 is 0 Å². The van der Waals surface area contributed by atoms with Gasteiger partial charge < -0.3 is 14.2 Å². The molecule has 2 aliphatic rings. The van der Waals surface area contributed by atoms with Crippen molar-refractivity contribution >= 4 is 33.4 Å². The number of para-hydroxylation sites is 1. The third kappa shape index (κ3) is 3.44. The van der Waals surface area contributed by atoms with Crippen molar-refractivity contribution < 1.29 is 14.0 Å². The molecule has 2 aliphatic heterocycles. The van der Waals surface area contributed by atoms with Gasteiger partial charge in [0.15, 0.2) is 0 Å². The number of likely N-dealkylation sites (tertiary alicyclic amines) is 2. The fourth-order valence-corrected chi connectivity index (χ4v) is 5.57. The van der Waals surface area contributed by atoms with Gasteiger partial charge in [0.25, 0.3) is 5.91 Å². The Morgan fingerprint density at radius 1 is 1.07 bits per heavy atom. The minimum atomic E-state index is -0.0156. The normalized spacial score (nSPS) is 20.5. The van der Waals surface area contributed by atoms with Gasteiger partial charge in [-0.25, -0.2) is 4.98 Å². The van der Waals surface area contributed by atoms with Crippen molar-refractivity contribution in [3.8, 4) is 0 Å². The van der Waals surface area contributed by atoms with Gasteiger partial charge in [-0.05, 0) is 43.9 Å². The van der Waals surface area contributed by atoms with Crippen molar-refractivity contribution in [2.24, 2.45) is 5.92 Å². The van der Waals surface area contributed by atoms with Crippen LogP contribution in [0, 0.1) is 5.92 Å². The molecule has 1 atom stereocenters. The zero-order chi connectivity index (χ0) is 19.8. The Kier molecular flexibility index (Phi) is 4.83. The number of carbonyl (C=O) groups is 2. The highest BCUT2D eigenvalue weighted by Crippen LogP contribution is 2.38. The monoisotopic (exact) mass is 409 g/mol. The maximum Gasteiger partial charge on any atom is 0.257 e. The molecule has 5 rings (SSSR count). The van der Waals surface area contributed by atoms with Crippen LogP contribution in [0.3, 0.4) is 0 Å². The van der Waals surface area contributed by atoms with Crippen molar-refractivity contribution in [3.63, 3.8) is 0 Å². The largest absolute Gasteiger partial charge is 0.472 e. The topological polar surface area (TPSA) is 66.7 Å². The van der Waals surface area contributed by atoms with E-state index in [4.69, 9.17) is 9.40 Å². The highest BCUT2D eigenvalue weighted by atomic mass is 32.1. The quantitative estimate of drug-likeness (QED) is 0.653. The van der Waals surface area contributed by atoms with Crippen molar-refractivity contribution in [3.05, 3.63) is 53.4 Å². The van der Waals surface area contributed by atoms with Crippen LogP contribution in [0.5, 0.6) is 0 Å². The van der Waals surface area contributed by atoms with E-state index in [1.165, 1.54) is 17.2 Å². The Hall–Kier alpha value is -2.67. The Bertz CT molecular complexity index is 988. The number of nitrogens with zero attached hydrogens (tertiary/aromatic N) is 3. The zero-order valence-electron chi connectivity index (χ0n) is 16.1. The summed E-state index contributed by atoms with van der Waals surface area (Å²) in [5, 5.41) is 1.05. The van der Waals surface area contributed by atoms with Gasteiger partial charge in [0, 0.05) is 25.6 Å². The first kappa shape index (κ1) is 18.4. The predicted molar refractivity (Wildman–Crippen MR) is 111 cm³/mol. The summed E-state index contributed by atoms with van der Waals surface area (Å²) in [5.74, 6) is 0.193. The molecular weight excluding hydrogens is 386 g/mol. The van der Waals surface area contributed by atoms with Crippen molar-refractivity contribution in [2.45, 2.75) is 31.7 Å². The average Bonchev–Trinajstić information content (AvgIpc) is 3.52. The second-order valence-corrected chi connectivity index (χ2v) is 8.85. The molecule has 0 N–H and O–H groups in total. The van der Waals surface area contributed by atoms with Crippen LogP contribution in [0.2, 0.25) is 0 Å². The Balaban J connectivity index is 1.26. The lowest BCUT2D eigenvalue weighted by Gasteiger charge is -2.34. The lowest BCUT2D eigenvalue weighted by molar-refractivity contribution is -0.137. The molecular formula is C22H23N3O3S. The van der Waals surface area contributed by atoms with Crippen LogP contribution < -0.4 is 0 Å². The molecule has 2 aromatic heterocycles. The van der Waals surface area contributed by atoms with E-state index in [1.807, 2.05) is 28.0 Å². The molecule has 1 aromatic carbocycles. The van der Waals surface area contributed by atoms with Crippen LogP contribution in [0.15, 0.2) is 47.3 Å². The Morgan fingerprint density at radius 3 is 2.66 bits per heavy atom. The number of piperidine rings is 1. The summed E-state index contributed by atoms with van der Waals surface area (Å²) in [7, 11) is 0. The summed E-state index contributed by atoms with van der Waals surface area (Å²) >= 11 is 1.70. The van der Waals surface area contributed by atoms with Crippen molar-refractivity contribution in [2.75, 3.05) is 19.6 Å². The van der Waals surface area contributed by atoms with Crippen molar-refractivity contribution in [1.82, 2.24) is 14.8 Å². The molecule has 2 amide bonds. The number of aromatic nitrogens is 1. The molecule has 3 aromatic rings. The Labute approximate surface area is 173 Å². The smallest absolute Gasteiger partial charge is 0.257 e. The lowest BCUT2D eigenvalue weighted by atomic mass is 9.94. The molecule has 6 nitrogen and oxygen atoms in total. The van der Waals surface area contributed by atoms with Gasteiger partial charge in [-0.3, -0.25) is 9.59 Å². The minimum absolute atomic E-state index is 0.0154. The molecule has 4 heterocycles. The molecule has 2 saturated heterocycles. The highest BCUT2D eigenvalue weighted by molar-refractivity contribution is 7.18. The minimum Gasteiger partial charge on any atom is -0.472 e. The van der Waals surface area contributed by atoms with Gasteiger partial charge in [0.2, 0.25) is 5.91 Å². The number of fused-ring (bicyclic) bond motifs is 1. The second-order valence-electron chi connectivity index (χ2n) is 7.79. The molecule has 0 radical (unpaired) electrons. The summed E-state index contributed by atoms with van der Waals surface area (Å²) in [6.45, 7) is 2.02. The van der Waals surface area contributed by atoms with Crippen LogP contribution in [0.1, 0.15) is 47.1 Å². The van der Waals surface area contributed by atoms with Gasteiger partial charge in [0.1, 0.15) is 11.3 Å². The highest BCUT2D eigenvalue weighted by Gasteiger charge is 2.37. The number of rotatable bonds is 3. The van der Waals surface area contributed by atoms with Crippen LogP contribution in [-0.2, 0) is 4.79 Å². The number of carbonyl (C=O) groups excluding carboxylic acids is 2. The molecule has 0 bridgehead atoms. The molecule has 1 unspecified atom stereocenters. The molecule has 7 heteroatoms. The molecule has 2 fully saturated rings. The SMILES string of the molecule is O=C(c1ccoc1)N1CCC(C(=O)N2CCCC2c2nc3ccccc3s2)CC1. The number of furan rings is 1. The molecule has 29 heavy (non-hydrogen) atoms. The maximum absolute atomic E-state index is 13.3. The predicted octanol–water partition coefficient (Wildman–Crippen LogP) is 4.11. The average molecular weight is 410 g/mol. The van der Waals surface area contributed by atoms with Crippen LogP contribution in [0.25, 0.3) is 10.2 Å². The third-order valence-corrected chi connectivity index (χ3v) is 7.17. The van der Waals surface area contributed by atoms with Gasteiger partial charge in [-0.2, -0.15) is 0 Å². The number of hydrogen-bond donors (Lipinski definition) is 0. The van der Waals surface area contributed by atoms with E-state index in [0.29, 0.717) is 31.5 Å². The first-order valence-electron chi connectivity index (χ1n) is 10.2. The van der Waals surface area contributed by atoms with Gasteiger partial charge >= 0.3 is 0 Å². The lowest BCUT2D eigenvalue weighted by Crippen LogP contribution is -2.44. The molecule has 0 saturated carbocycles. The van der Waals surface area contributed by atoms with Gasteiger partial charge in [0.05, 0.1) is 28.1 Å².